The topological polar surface area (TPSA) is 24.4 Å². The number of aliphatic imine (C=N–C) groups is 1. The van der Waals surface area contributed by atoms with E-state index < -0.39 is 0 Å². The second kappa shape index (κ2) is 4.78. The molecule has 0 radical (unpaired) electrons. The molecule has 0 atom stereocenters. The van der Waals surface area contributed by atoms with Gasteiger partial charge in [-0.15, -0.1) is 11.6 Å². The average molecular weight is 183 g/mol. The molecule has 0 aromatic heterocycles. The number of benzene rings is 1. The van der Waals surface area contributed by atoms with Crippen LogP contribution in [0.5, 0.6) is 0 Å². The maximum absolute atomic E-state index is 5.40. The Morgan fingerprint density at radius 1 is 1.42 bits per heavy atom. The van der Waals surface area contributed by atoms with Crippen molar-refractivity contribution in [3.8, 4) is 0 Å². The van der Waals surface area contributed by atoms with Gasteiger partial charge in [-0.25, -0.2) is 0 Å². The van der Waals surface area contributed by atoms with Crippen LogP contribution in [-0.2, 0) is 0 Å². The number of hydrogen-bond acceptors (Lipinski definition) is 2. The fourth-order valence-corrected chi connectivity index (χ4v) is 0.945. The largest absolute Gasteiger partial charge is 0.388 e. The van der Waals surface area contributed by atoms with Crippen LogP contribution >= 0.6 is 11.6 Å². The second-order valence-electron chi connectivity index (χ2n) is 2.30. The third-order valence-electron chi connectivity index (χ3n) is 1.51. The van der Waals surface area contributed by atoms with E-state index in [0.29, 0.717) is 6.00 Å². The first-order valence-electron chi connectivity index (χ1n) is 3.70. The SMILES string of the molecule is CNc1ccc(/C=N/CCl)cc1. The molecule has 3 heteroatoms. The van der Waals surface area contributed by atoms with Crippen molar-refractivity contribution in [2.75, 3.05) is 18.4 Å². The summed E-state index contributed by atoms with van der Waals surface area (Å²) in [7, 11) is 1.89. The molecule has 0 saturated carbocycles. The summed E-state index contributed by atoms with van der Waals surface area (Å²) in [6, 6.07) is 8.28. The first-order chi connectivity index (χ1) is 5.86. The van der Waals surface area contributed by atoms with E-state index in [1.807, 2.05) is 31.3 Å². The molecule has 0 unspecified atom stereocenters. The molecule has 0 bridgehead atoms. The van der Waals surface area contributed by atoms with Gasteiger partial charge in [0.15, 0.2) is 0 Å². The van der Waals surface area contributed by atoms with E-state index in [2.05, 4.69) is 10.3 Å². The molecule has 1 rings (SSSR count). The Bertz CT molecular complexity index is 254. The zero-order valence-electron chi connectivity index (χ0n) is 6.92. The number of nitrogens with zero attached hydrogens (tertiary/aromatic N) is 1. The number of halogens is 1. The summed E-state index contributed by atoms with van der Waals surface area (Å²) < 4.78 is 0. The molecule has 0 amide bonds. The zero-order valence-corrected chi connectivity index (χ0v) is 7.67. The van der Waals surface area contributed by atoms with Crippen LogP contribution in [0.3, 0.4) is 0 Å². The summed E-state index contributed by atoms with van der Waals surface area (Å²) >= 11 is 5.40. The fraction of sp³-hybridized carbons (Fsp3) is 0.222. The van der Waals surface area contributed by atoms with Crippen LogP contribution in [0.1, 0.15) is 5.56 Å². The quantitative estimate of drug-likeness (QED) is 0.433. The summed E-state index contributed by atoms with van der Waals surface area (Å²) in [5, 5.41) is 3.04. The van der Waals surface area contributed by atoms with E-state index in [0.717, 1.165) is 11.3 Å². The number of nitrogens with one attached hydrogen (secondary N) is 1. The summed E-state index contributed by atoms with van der Waals surface area (Å²) in [6.07, 6.45) is 1.76. The van der Waals surface area contributed by atoms with Gasteiger partial charge < -0.3 is 5.32 Å². The Hall–Kier alpha value is -1.02. The molecule has 1 aromatic rings. The zero-order chi connectivity index (χ0) is 8.81. The minimum absolute atomic E-state index is 0.313. The highest BCUT2D eigenvalue weighted by Crippen LogP contribution is 2.06. The predicted octanol–water partition coefficient (Wildman–Crippen LogP) is 2.34. The molecule has 0 aliphatic carbocycles. The van der Waals surface area contributed by atoms with E-state index in [4.69, 9.17) is 11.6 Å². The number of anilines is 1. The summed E-state index contributed by atoms with van der Waals surface area (Å²) in [5.41, 5.74) is 2.16. The Balaban J connectivity index is 2.71. The smallest absolute Gasteiger partial charge is 0.113 e. The molecule has 0 fully saturated rings. The normalized spacial score (nSPS) is 10.5. The van der Waals surface area contributed by atoms with Gasteiger partial charge in [-0.1, -0.05) is 12.1 Å². The van der Waals surface area contributed by atoms with Crippen molar-refractivity contribution >= 4 is 23.5 Å². The number of alkyl halides is 1. The van der Waals surface area contributed by atoms with E-state index in [9.17, 15) is 0 Å². The molecule has 1 aromatic carbocycles. The monoisotopic (exact) mass is 182 g/mol. The van der Waals surface area contributed by atoms with Gasteiger partial charge in [-0.2, -0.15) is 0 Å². The van der Waals surface area contributed by atoms with Crippen LogP contribution in [0.2, 0.25) is 0 Å². The Morgan fingerprint density at radius 3 is 2.58 bits per heavy atom. The highest BCUT2D eigenvalue weighted by atomic mass is 35.5. The lowest BCUT2D eigenvalue weighted by molar-refractivity contribution is 1.38. The van der Waals surface area contributed by atoms with Gasteiger partial charge in [0.05, 0.1) is 0 Å². The highest BCUT2D eigenvalue weighted by molar-refractivity contribution is 6.18. The molecule has 0 aliphatic rings. The van der Waals surface area contributed by atoms with Crippen LogP contribution < -0.4 is 5.32 Å². The van der Waals surface area contributed by atoms with E-state index in [1.165, 1.54) is 0 Å². The second-order valence-corrected chi connectivity index (χ2v) is 2.54. The van der Waals surface area contributed by atoms with Gasteiger partial charge in [-0.3, -0.25) is 4.99 Å². The van der Waals surface area contributed by atoms with E-state index >= 15 is 0 Å². The van der Waals surface area contributed by atoms with Crippen molar-refractivity contribution in [3.05, 3.63) is 29.8 Å². The molecule has 12 heavy (non-hydrogen) atoms. The lowest BCUT2D eigenvalue weighted by Gasteiger charge is -1.98. The van der Waals surface area contributed by atoms with Gasteiger partial charge in [0.25, 0.3) is 0 Å². The van der Waals surface area contributed by atoms with E-state index in [-0.39, 0.29) is 0 Å². The summed E-state index contributed by atoms with van der Waals surface area (Å²) in [5.74, 6) is 0. The van der Waals surface area contributed by atoms with Gasteiger partial charge in [-0.05, 0) is 17.7 Å². The van der Waals surface area contributed by atoms with Crippen molar-refractivity contribution in [2.24, 2.45) is 4.99 Å². The standard InChI is InChI=1S/C9H11ClN2/c1-11-9-4-2-8(3-5-9)6-12-7-10/h2-6,11H,7H2,1H3/b12-6+. The van der Waals surface area contributed by atoms with Crippen LogP contribution in [0, 0.1) is 0 Å². The van der Waals surface area contributed by atoms with Crippen molar-refractivity contribution in [2.45, 2.75) is 0 Å². The maximum Gasteiger partial charge on any atom is 0.113 e. The lowest BCUT2D eigenvalue weighted by atomic mass is 10.2. The first kappa shape index (κ1) is 9.07. The van der Waals surface area contributed by atoms with Crippen molar-refractivity contribution in [1.82, 2.24) is 0 Å². The summed E-state index contributed by atoms with van der Waals surface area (Å²) in [6.45, 7) is 0. The van der Waals surface area contributed by atoms with Crippen LogP contribution in [0.4, 0.5) is 5.69 Å². The Morgan fingerprint density at radius 2 is 2.08 bits per heavy atom. The van der Waals surface area contributed by atoms with Gasteiger partial charge in [0.1, 0.15) is 6.00 Å². The summed E-state index contributed by atoms with van der Waals surface area (Å²) in [4.78, 5) is 3.92. The van der Waals surface area contributed by atoms with E-state index in [1.54, 1.807) is 6.21 Å². The van der Waals surface area contributed by atoms with Gasteiger partial charge in [0, 0.05) is 18.9 Å². The average Bonchev–Trinajstić information content (AvgIpc) is 2.15. The van der Waals surface area contributed by atoms with Crippen molar-refractivity contribution in [1.29, 1.82) is 0 Å². The minimum Gasteiger partial charge on any atom is -0.388 e. The third kappa shape index (κ3) is 2.55. The van der Waals surface area contributed by atoms with Crippen LogP contribution in [0.15, 0.2) is 29.3 Å². The Labute approximate surface area is 77.3 Å². The molecule has 64 valence electrons. The molecule has 0 heterocycles. The van der Waals surface area contributed by atoms with Crippen LogP contribution in [0.25, 0.3) is 0 Å². The number of hydrogen-bond donors (Lipinski definition) is 1. The molecule has 0 saturated heterocycles. The van der Waals surface area contributed by atoms with Gasteiger partial charge >= 0.3 is 0 Å². The Kier molecular flexibility index (Phi) is 3.61. The molecule has 1 N–H and O–H groups in total. The molecule has 0 aliphatic heterocycles. The van der Waals surface area contributed by atoms with Gasteiger partial charge in [0.2, 0.25) is 0 Å². The van der Waals surface area contributed by atoms with Crippen LogP contribution in [-0.4, -0.2) is 19.3 Å². The predicted molar refractivity (Wildman–Crippen MR) is 54.3 cm³/mol. The van der Waals surface area contributed by atoms with Crippen molar-refractivity contribution < 1.29 is 0 Å². The minimum atomic E-state index is 0.313. The molecular weight excluding hydrogens is 172 g/mol. The first-order valence-corrected chi connectivity index (χ1v) is 4.24. The molecular formula is C9H11ClN2. The lowest BCUT2D eigenvalue weighted by Crippen LogP contribution is -1.88. The molecule has 0 spiro atoms. The highest BCUT2D eigenvalue weighted by Gasteiger charge is 1.87. The number of rotatable bonds is 3. The third-order valence-corrected chi connectivity index (χ3v) is 1.65. The fourth-order valence-electron chi connectivity index (χ4n) is 0.876. The molecule has 2 nitrogen and oxygen atoms in total. The maximum atomic E-state index is 5.40. The van der Waals surface area contributed by atoms with Crippen molar-refractivity contribution in [3.63, 3.8) is 0 Å².